The molecule has 5 heteroatoms. The third-order valence-corrected chi connectivity index (χ3v) is 13.8. The Morgan fingerprint density at radius 2 is 1.57 bits per heavy atom. The van der Waals surface area contributed by atoms with Crippen LogP contribution in [0.25, 0.3) is 0 Å². The van der Waals surface area contributed by atoms with Crippen LogP contribution in [0, 0.1) is 73.4 Å². The summed E-state index contributed by atoms with van der Waals surface area (Å²) in [6.45, 7) is 15.5. The molecule has 5 nitrogen and oxygen atoms in total. The Morgan fingerprint density at radius 1 is 0.919 bits per heavy atom. The fourth-order valence-electron chi connectivity index (χ4n) is 11.6. The van der Waals surface area contributed by atoms with Gasteiger partial charge in [0.1, 0.15) is 11.7 Å². The molecule has 0 amide bonds. The first-order chi connectivity index (χ1) is 17.0. The number of carbonyl (C=O) groups excluding carboxylic acids is 2. The minimum atomic E-state index is -0.786. The van der Waals surface area contributed by atoms with Crippen LogP contribution < -0.4 is 0 Å². The molecule has 5 rings (SSSR count). The van der Waals surface area contributed by atoms with E-state index < -0.39 is 17.4 Å². The fourth-order valence-corrected chi connectivity index (χ4v) is 11.6. The molecule has 2 unspecified atom stereocenters. The molecule has 0 radical (unpaired) electrons. The first kappa shape index (κ1) is 27.3. The zero-order valence-corrected chi connectivity index (χ0v) is 24.2. The largest absolute Gasteiger partial charge is 0.394 e. The second-order valence-electron chi connectivity index (χ2n) is 16.0. The van der Waals surface area contributed by atoms with Crippen molar-refractivity contribution in [1.29, 1.82) is 5.26 Å². The molecule has 0 aromatic carbocycles. The van der Waals surface area contributed by atoms with E-state index in [1.807, 2.05) is 13.8 Å². The molecule has 0 aliphatic heterocycles. The second kappa shape index (κ2) is 8.14. The van der Waals surface area contributed by atoms with Crippen LogP contribution in [-0.4, -0.2) is 34.5 Å². The number of nitrogens with zero attached hydrogens (tertiary/aromatic N) is 1. The Hall–Kier alpha value is -1.25. The molecule has 0 heterocycles. The Morgan fingerprint density at radius 3 is 2.19 bits per heavy atom. The predicted molar refractivity (Wildman–Crippen MR) is 142 cm³/mol. The molecular formula is C32H49NO4. The van der Waals surface area contributed by atoms with Gasteiger partial charge in [0, 0.05) is 23.2 Å². The SMILES string of the molecule is CC1(C)CC[C@]2(C(O)CO)CC[C@]3(C)[C@H](C(=O)C[C@@H]4[C@@]5(C)CC(C#N)C(=O)C(C)(C)[C@@H]5CC[C@]43C)[C@@H]2C1. The van der Waals surface area contributed by atoms with Crippen molar-refractivity contribution in [3.05, 3.63) is 0 Å². The van der Waals surface area contributed by atoms with E-state index in [4.69, 9.17) is 0 Å². The van der Waals surface area contributed by atoms with Crippen LogP contribution in [0.2, 0.25) is 0 Å². The monoisotopic (exact) mass is 511 g/mol. The van der Waals surface area contributed by atoms with Crippen molar-refractivity contribution in [2.24, 2.45) is 62.1 Å². The number of aliphatic hydroxyl groups excluding tert-OH is 2. The molecular weight excluding hydrogens is 462 g/mol. The first-order valence-electron chi connectivity index (χ1n) is 14.8. The molecule has 5 aliphatic carbocycles. The summed E-state index contributed by atoms with van der Waals surface area (Å²) in [4.78, 5) is 27.8. The number of ketones is 2. The molecule has 0 spiro atoms. The van der Waals surface area contributed by atoms with Gasteiger partial charge in [-0.15, -0.1) is 0 Å². The fraction of sp³-hybridized carbons (Fsp3) is 0.906. The van der Waals surface area contributed by atoms with E-state index in [0.29, 0.717) is 18.6 Å². The number of hydrogen-bond donors (Lipinski definition) is 2. The van der Waals surface area contributed by atoms with Crippen molar-refractivity contribution in [1.82, 2.24) is 0 Å². The van der Waals surface area contributed by atoms with E-state index in [1.54, 1.807) is 0 Å². The second-order valence-corrected chi connectivity index (χ2v) is 16.0. The van der Waals surface area contributed by atoms with Crippen molar-refractivity contribution in [3.63, 3.8) is 0 Å². The van der Waals surface area contributed by atoms with Gasteiger partial charge >= 0.3 is 0 Å². The molecule has 5 aliphatic rings. The van der Waals surface area contributed by atoms with Crippen LogP contribution in [0.15, 0.2) is 0 Å². The number of rotatable bonds is 2. The van der Waals surface area contributed by atoms with Crippen molar-refractivity contribution in [2.75, 3.05) is 6.61 Å². The lowest BCUT2D eigenvalue weighted by Gasteiger charge is -2.73. The summed E-state index contributed by atoms with van der Waals surface area (Å²) < 4.78 is 0. The number of hydrogen-bond acceptors (Lipinski definition) is 5. The zero-order chi connectivity index (χ0) is 27.4. The molecule has 0 aromatic rings. The summed E-state index contributed by atoms with van der Waals surface area (Å²) >= 11 is 0. The highest BCUT2D eigenvalue weighted by Gasteiger charge is 2.73. The van der Waals surface area contributed by atoms with Gasteiger partial charge in [-0.05, 0) is 90.8 Å². The maximum Gasteiger partial charge on any atom is 0.155 e. The summed E-state index contributed by atoms with van der Waals surface area (Å²) in [7, 11) is 0. The molecule has 0 aromatic heterocycles. The van der Waals surface area contributed by atoms with Crippen molar-refractivity contribution < 1.29 is 19.8 Å². The number of nitriles is 1. The highest BCUT2D eigenvalue weighted by atomic mass is 16.3. The minimum absolute atomic E-state index is 0.0733. The molecule has 5 fully saturated rings. The molecule has 37 heavy (non-hydrogen) atoms. The molecule has 206 valence electrons. The summed E-state index contributed by atoms with van der Waals surface area (Å²) in [5.74, 6) is 0.0806. The average molecular weight is 512 g/mol. The van der Waals surface area contributed by atoms with Gasteiger partial charge < -0.3 is 10.2 Å². The van der Waals surface area contributed by atoms with Gasteiger partial charge in [-0.25, -0.2) is 0 Å². The van der Waals surface area contributed by atoms with Gasteiger partial charge in [-0.2, -0.15) is 5.26 Å². The van der Waals surface area contributed by atoms with E-state index in [2.05, 4.69) is 40.7 Å². The molecule has 0 saturated heterocycles. The number of carbonyl (C=O) groups is 2. The molecule has 2 N–H and O–H groups in total. The average Bonchev–Trinajstić information content (AvgIpc) is 2.82. The van der Waals surface area contributed by atoms with E-state index >= 15 is 0 Å². The Bertz CT molecular complexity index is 1040. The maximum atomic E-state index is 14.5. The lowest BCUT2D eigenvalue weighted by molar-refractivity contribution is -0.246. The van der Waals surface area contributed by atoms with Crippen LogP contribution in [-0.2, 0) is 9.59 Å². The lowest BCUT2D eigenvalue weighted by atomic mass is 9.30. The highest BCUT2D eigenvalue weighted by Crippen LogP contribution is 2.76. The lowest BCUT2D eigenvalue weighted by Crippen LogP contribution is -2.70. The maximum absolute atomic E-state index is 14.5. The molecule has 10 atom stereocenters. The smallest absolute Gasteiger partial charge is 0.155 e. The van der Waals surface area contributed by atoms with Crippen LogP contribution in [0.1, 0.15) is 106 Å². The zero-order valence-electron chi connectivity index (χ0n) is 24.2. The van der Waals surface area contributed by atoms with E-state index in [0.717, 1.165) is 44.9 Å². The number of Topliss-reactive ketones (excluding diaryl/α,β-unsaturated/α-hetero) is 2. The topological polar surface area (TPSA) is 98.4 Å². The summed E-state index contributed by atoms with van der Waals surface area (Å²) in [6.07, 6.45) is 6.76. The highest BCUT2D eigenvalue weighted by molar-refractivity contribution is 5.90. The van der Waals surface area contributed by atoms with Crippen LogP contribution in [0.3, 0.4) is 0 Å². The Labute approximate surface area is 223 Å². The predicted octanol–water partition coefficient (Wildman–Crippen LogP) is 5.72. The molecule has 5 saturated carbocycles. The van der Waals surface area contributed by atoms with Crippen molar-refractivity contribution in [2.45, 2.75) is 112 Å². The summed E-state index contributed by atoms with van der Waals surface area (Å²) in [5.41, 5.74) is -1.36. The van der Waals surface area contributed by atoms with E-state index in [1.165, 1.54) is 0 Å². The van der Waals surface area contributed by atoms with Crippen LogP contribution in [0.5, 0.6) is 0 Å². The van der Waals surface area contributed by atoms with Gasteiger partial charge in [0.25, 0.3) is 0 Å². The summed E-state index contributed by atoms with van der Waals surface area (Å²) in [6, 6.07) is 2.34. The van der Waals surface area contributed by atoms with Crippen LogP contribution >= 0.6 is 0 Å². The van der Waals surface area contributed by atoms with Gasteiger partial charge in [0.2, 0.25) is 0 Å². The summed E-state index contributed by atoms with van der Waals surface area (Å²) in [5, 5.41) is 31.3. The van der Waals surface area contributed by atoms with Crippen molar-refractivity contribution >= 4 is 11.6 Å². The number of aliphatic hydroxyl groups is 2. The third-order valence-electron chi connectivity index (χ3n) is 13.8. The van der Waals surface area contributed by atoms with E-state index in [9.17, 15) is 25.1 Å². The third kappa shape index (κ3) is 3.33. The Balaban J connectivity index is 1.61. The number of fused-ring (bicyclic) bond motifs is 7. The Kier molecular flexibility index (Phi) is 6.01. The standard InChI is InChI=1S/C32H49NO4/c1-27(2)10-12-32(24(36)18-34)13-11-31(7)25(20(32)16-27)21(35)14-23-29(5)15-19(17-33)26(37)28(3,4)22(29)8-9-30(23,31)6/h19-20,22-25,34,36H,8-16,18H2,1-7H3/t19?,20-,22-,23+,24?,25-,29-,30+,31+,32-/m0/s1. The minimum Gasteiger partial charge on any atom is -0.394 e. The first-order valence-corrected chi connectivity index (χ1v) is 14.8. The molecule has 0 bridgehead atoms. The normalized spacial score (nSPS) is 51.1. The quantitative estimate of drug-likeness (QED) is 0.494. The van der Waals surface area contributed by atoms with Gasteiger partial charge in [-0.1, -0.05) is 48.5 Å². The van der Waals surface area contributed by atoms with Gasteiger partial charge in [0.05, 0.1) is 18.8 Å². The van der Waals surface area contributed by atoms with Gasteiger partial charge in [0.15, 0.2) is 5.78 Å². The van der Waals surface area contributed by atoms with E-state index in [-0.39, 0.29) is 63.1 Å². The van der Waals surface area contributed by atoms with Crippen molar-refractivity contribution in [3.8, 4) is 6.07 Å². The van der Waals surface area contributed by atoms with Gasteiger partial charge in [-0.3, -0.25) is 9.59 Å². The van der Waals surface area contributed by atoms with Crippen LogP contribution in [0.4, 0.5) is 0 Å².